The van der Waals surface area contributed by atoms with Gasteiger partial charge in [-0.05, 0) is 30.9 Å². The Morgan fingerprint density at radius 2 is 2.16 bits per heavy atom. The Labute approximate surface area is 192 Å². The highest BCUT2D eigenvalue weighted by atomic mass is 32.2. The third-order valence-electron chi connectivity index (χ3n) is 5.32. The van der Waals surface area contributed by atoms with E-state index >= 15 is 0 Å². The van der Waals surface area contributed by atoms with Crippen LogP contribution in [-0.2, 0) is 14.8 Å². The fraction of sp³-hybridized carbons (Fsp3) is 0.364. The second-order valence-electron chi connectivity index (χ2n) is 7.35. The number of thioether (sulfide) groups is 1. The largest absolute Gasteiger partial charge is 0.478 e. The standard InChI is InChI=1S/C22H27N3O5S2/c1-4-5-8-16-15-25(21-9-6-7-11-23-21)17-13-19(31-3)18(30-12-10-22(26)27)14-20(17)32(28,29)24(16)2/h6-7,9-14,16H,4-5,8,15H2,1-3H3,(H,26,27)/b12-10+. The van der Waals surface area contributed by atoms with E-state index in [1.165, 1.54) is 22.1 Å². The first-order valence-corrected chi connectivity index (χ1v) is 12.9. The number of carboxylic acid groups (broad SMARTS) is 1. The van der Waals surface area contributed by atoms with E-state index in [4.69, 9.17) is 9.84 Å². The van der Waals surface area contributed by atoms with E-state index in [2.05, 4.69) is 11.9 Å². The van der Waals surface area contributed by atoms with Crippen LogP contribution in [0.15, 0.2) is 58.7 Å². The molecular weight excluding hydrogens is 450 g/mol. The number of likely N-dealkylation sites (N-methyl/N-ethyl adjacent to an activating group) is 1. The number of aliphatic carboxylic acids is 1. The van der Waals surface area contributed by atoms with Crippen molar-refractivity contribution in [1.82, 2.24) is 9.29 Å². The van der Waals surface area contributed by atoms with Crippen LogP contribution in [-0.4, -0.2) is 54.7 Å². The van der Waals surface area contributed by atoms with E-state index in [-0.39, 0.29) is 16.7 Å². The predicted molar refractivity (Wildman–Crippen MR) is 125 cm³/mol. The summed E-state index contributed by atoms with van der Waals surface area (Å²) in [6.45, 7) is 2.54. The zero-order valence-electron chi connectivity index (χ0n) is 18.3. The summed E-state index contributed by atoms with van der Waals surface area (Å²) in [6, 6.07) is 8.55. The molecule has 1 aliphatic heterocycles. The molecule has 0 bridgehead atoms. The van der Waals surface area contributed by atoms with Gasteiger partial charge in [-0.3, -0.25) is 0 Å². The van der Waals surface area contributed by atoms with Gasteiger partial charge >= 0.3 is 5.97 Å². The number of nitrogens with zero attached hydrogens (tertiary/aromatic N) is 3. The van der Waals surface area contributed by atoms with Crippen LogP contribution in [0.3, 0.4) is 0 Å². The molecule has 1 aliphatic rings. The second-order valence-corrected chi connectivity index (χ2v) is 10.2. The number of rotatable bonds is 8. The number of unbranched alkanes of at least 4 members (excludes halogenated alkanes) is 1. The molecule has 1 atom stereocenters. The predicted octanol–water partition coefficient (Wildman–Crippen LogP) is 4.11. The maximum absolute atomic E-state index is 13.6. The van der Waals surface area contributed by atoms with Gasteiger partial charge in [-0.15, -0.1) is 11.8 Å². The van der Waals surface area contributed by atoms with Crippen LogP contribution < -0.4 is 9.64 Å². The number of pyridine rings is 1. The molecule has 1 N–H and O–H groups in total. The number of hydrogen-bond donors (Lipinski definition) is 1. The number of sulfonamides is 1. The third kappa shape index (κ3) is 5.08. The molecule has 1 aromatic carbocycles. The fourth-order valence-electron chi connectivity index (χ4n) is 3.58. The molecule has 0 amide bonds. The Bertz CT molecular complexity index is 1090. The molecule has 0 saturated carbocycles. The Morgan fingerprint density at radius 3 is 2.78 bits per heavy atom. The number of fused-ring (bicyclic) bond motifs is 1. The highest BCUT2D eigenvalue weighted by Crippen LogP contribution is 2.43. The Hall–Kier alpha value is -2.56. The lowest BCUT2D eigenvalue weighted by atomic mass is 10.1. The first-order valence-electron chi connectivity index (χ1n) is 10.2. The lowest BCUT2D eigenvalue weighted by Gasteiger charge is -2.29. The van der Waals surface area contributed by atoms with Crippen molar-refractivity contribution in [1.29, 1.82) is 0 Å². The number of ether oxygens (including phenoxy) is 1. The molecule has 2 heterocycles. The number of carboxylic acids is 1. The number of anilines is 2. The monoisotopic (exact) mass is 477 g/mol. The van der Waals surface area contributed by atoms with Crippen LogP contribution >= 0.6 is 11.8 Å². The molecule has 172 valence electrons. The van der Waals surface area contributed by atoms with E-state index in [1.807, 2.05) is 29.4 Å². The van der Waals surface area contributed by atoms with E-state index in [9.17, 15) is 13.2 Å². The Morgan fingerprint density at radius 1 is 1.38 bits per heavy atom. The summed E-state index contributed by atoms with van der Waals surface area (Å²) in [5.41, 5.74) is 0.522. The smallest absolute Gasteiger partial charge is 0.331 e. The molecule has 0 radical (unpaired) electrons. The van der Waals surface area contributed by atoms with Gasteiger partial charge in [0, 0.05) is 31.9 Å². The highest BCUT2D eigenvalue weighted by molar-refractivity contribution is 7.98. The van der Waals surface area contributed by atoms with Crippen LogP contribution in [0.5, 0.6) is 5.75 Å². The van der Waals surface area contributed by atoms with Crippen LogP contribution in [0.2, 0.25) is 0 Å². The molecule has 0 fully saturated rings. The molecule has 32 heavy (non-hydrogen) atoms. The summed E-state index contributed by atoms with van der Waals surface area (Å²) in [6.07, 6.45) is 8.02. The molecule has 2 aromatic rings. The minimum absolute atomic E-state index is 0.0983. The van der Waals surface area contributed by atoms with Crippen molar-refractivity contribution in [2.75, 3.05) is 24.7 Å². The lowest BCUT2D eigenvalue weighted by Crippen LogP contribution is -2.41. The summed E-state index contributed by atoms with van der Waals surface area (Å²) in [7, 11) is -2.23. The molecule has 0 spiro atoms. The summed E-state index contributed by atoms with van der Waals surface area (Å²) >= 11 is 1.38. The number of aromatic nitrogens is 1. The van der Waals surface area contributed by atoms with Crippen LogP contribution in [0, 0.1) is 0 Å². The van der Waals surface area contributed by atoms with Crippen LogP contribution in [0.1, 0.15) is 26.2 Å². The molecule has 8 nitrogen and oxygen atoms in total. The maximum Gasteiger partial charge on any atom is 0.331 e. The minimum Gasteiger partial charge on any atom is -0.478 e. The topological polar surface area (TPSA) is 100 Å². The average Bonchev–Trinajstić information content (AvgIpc) is 2.86. The van der Waals surface area contributed by atoms with Crippen molar-refractivity contribution in [3.05, 3.63) is 48.9 Å². The average molecular weight is 478 g/mol. The van der Waals surface area contributed by atoms with Gasteiger partial charge in [0.25, 0.3) is 0 Å². The maximum atomic E-state index is 13.6. The van der Waals surface area contributed by atoms with Crippen LogP contribution in [0.4, 0.5) is 11.5 Å². The number of hydrogen-bond acceptors (Lipinski definition) is 7. The zero-order chi connectivity index (χ0) is 23.3. The van der Waals surface area contributed by atoms with E-state index < -0.39 is 16.0 Å². The lowest BCUT2D eigenvalue weighted by molar-refractivity contribution is -0.131. The van der Waals surface area contributed by atoms with E-state index in [0.29, 0.717) is 22.9 Å². The molecule has 3 rings (SSSR count). The van der Waals surface area contributed by atoms with Gasteiger partial charge in [0.05, 0.1) is 22.9 Å². The number of benzene rings is 1. The Kier molecular flexibility index (Phi) is 7.81. The number of carbonyl (C=O) groups is 1. The zero-order valence-corrected chi connectivity index (χ0v) is 19.9. The quantitative estimate of drug-likeness (QED) is 0.344. The molecule has 0 saturated heterocycles. The first kappa shape index (κ1) is 24.1. The van der Waals surface area contributed by atoms with E-state index in [1.54, 1.807) is 19.3 Å². The van der Waals surface area contributed by atoms with Crippen LogP contribution in [0.25, 0.3) is 0 Å². The van der Waals surface area contributed by atoms with Crippen molar-refractivity contribution in [2.24, 2.45) is 0 Å². The normalized spacial score (nSPS) is 18.3. The van der Waals surface area contributed by atoms with Gasteiger partial charge in [-0.1, -0.05) is 25.8 Å². The van der Waals surface area contributed by atoms with Crippen molar-refractivity contribution >= 4 is 39.3 Å². The third-order valence-corrected chi connectivity index (χ3v) is 8.02. The summed E-state index contributed by atoms with van der Waals surface area (Å²) in [5.74, 6) is -0.219. The van der Waals surface area contributed by atoms with Gasteiger partial charge in [-0.25, -0.2) is 18.2 Å². The highest BCUT2D eigenvalue weighted by Gasteiger charge is 2.37. The van der Waals surface area contributed by atoms with Crippen molar-refractivity contribution in [3.8, 4) is 5.75 Å². The van der Waals surface area contributed by atoms with Gasteiger partial charge in [-0.2, -0.15) is 4.31 Å². The molecule has 1 unspecified atom stereocenters. The van der Waals surface area contributed by atoms with E-state index in [0.717, 1.165) is 31.6 Å². The molecule has 10 heteroatoms. The van der Waals surface area contributed by atoms with Gasteiger partial charge < -0.3 is 14.7 Å². The summed E-state index contributed by atoms with van der Waals surface area (Å²) in [4.78, 5) is 18.0. The van der Waals surface area contributed by atoms with Gasteiger partial charge in [0.2, 0.25) is 10.0 Å². The van der Waals surface area contributed by atoms with Crippen molar-refractivity contribution < 1.29 is 23.1 Å². The summed E-state index contributed by atoms with van der Waals surface area (Å²) in [5, 5.41) is 8.84. The van der Waals surface area contributed by atoms with Crippen molar-refractivity contribution in [3.63, 3.8) is 0 Å². The molecular formula is C22H27N3O5S2. The first-order chi connectivity index (χ1) is 15.3. The van der Waals surface area contributed by atoms with Crippen molar-refractivity contribution in [2.45, 2.75) is 42.0 Å². The fourth-order valence-corrected chi connectivity index (χ4v) is 5.69. The summed E-state index contributed by atoms with van der Waals surface area (Å²) < 4.78 is 34.2. The molecule has 0 aliphatic carbocycles. The van der Waals surface area contributed by atoms with Gasteiger partial charge in [0.15, 0.2) is 0 Å². The second kappa shape index (κ2) is 10.4. The minimum atomic E-state index is -3.83. The Balaban J connectivity index is 2.20. The van der Waals surface area contributed by atoms with Gasteiger partial charge in [0.1, 0.15) is 16.5 Å². The SMILES string of the molecule is CCCCC1CN(c2ccccn2)c2cc(SC)c(O/C=C/C(=O)O)cc2S(=O)(=O)N1C. The molecule has 1 aromatic heterocycles.